The Kier molecular flexibility index (Phi) is 8.12. The molecule has 2 aromatic heterocycles. The van der Waals surface area contributed by atoms with E-state index in [-0.39, 0.29) is 0 Å². The molecule has 4 aliphatic rings. The molecule has 4 saturated heterocycles. The van der Waals surface area contributed by atoms with Gasteiger partial charge in [0.05, 0.1) is 40.6 Å². The van der Waals surface area contributed by atoms with E-state index in [0.29, 0.717) is 43.9 Å². The SMILES string of the molecule is COc1cc(F)nc(N2CCC3(CC2)OCCO3)c1.COc1cc(N2CCC3(CC2)OCCO3)cc(F)n1. The van der Waals surface area contributed by atoms with Crippen LogP contribution in [0.3, 0.4) is 0 Å². The Hall–Kier alpha value is -2.80. The maximum absolute atomic E-state index is 13.4. The van der Waals surface area contributed by atoms with E-state index in [1.165, 1.54) is 26.4 Å². The molecule has 38 heavy (non-hydrogen) atoms. The maximum atomic E-state index is 13.4. The largest absolute Gasteiger partial charge is 0.496 e. The van der Waals surface area contributed by atoms with Gasteiger partial charge in [-0.05, 0) is 0 Å². The van der Waals surface area contributed by atoms with Crippen molar-refractivity contribution >= 4 is 11.5 Å². The molecule has 12 heteroatoms. The fourth-order valence-corrected chi connectivity index (χ4v) is 5.24. The molecule has 0 radical (unpaired) electrons. The molecule has 0 aromatic carbocycles. The average Bonchev–Trinajstić information content (AvgIpc) is 3.59. The van der Waals surface area contributed by atoms with Crippen molar-refractivity contribution in [2.24, 2.45) is 0 Å². The zero-order chi connectivity index (χ0) is 26.6. The Morgan fingerprint density at radius 2 is 1.21 bits per heavy atom. The summed E-state index contributed by atoms with van der Waals surface area (Å²) in [4.78, 5) is 11.7. The number of methoxy groups -OCH3 is 2. The number of rotatable bonds is 4. The third-order valence-corrected chi connectivity index (χ3v) is 7.32. The molecular weight excluding hydrogens is 502 g/mol. The summed E-state index contributed by atoms with van der Waals surface area (Å²) in [6, 6.07) is 6.20. The first-order valence-electron chi connectivity index (χ1n) is 12.9. The van der Waals surface area contributed by atoms with E-state index in [1.54, 1.807) is 12.1 Å². The van der Waals surface area contributed by atoms with E-state index in [9.17, 15) is 8.78 Å². The van der Waals surface area contributed by atoms with Crippen LogP contribution >= 0.6 is 0 Å². The van der Waals surface area contributed by atoms with Crippen LogP contribution in [0.4, 0.5) is 20.3 Å². The quantitative estimate of drug-likeness (QED) is 0.543. The first-order valence-corrected chi connectivity index (χ1v) is 12.9. The van der Waals surface area contributed by atoms with Crippen molar-refractivity contribution in [2.75, 3.05) is 76.6 Å². The normalized spacial score (nSPS) is 21.9. The number of ether oxygens (including phenoxy) is 6. The van der Waals surface area contributed by atoms with Gasteiger partial charge in [0.15, 0.2) is 11.6 Å². The molecule has 0 bridgehead atoms. The van der Waals surface area contributed by atoms with Crippen molar-refractivity contribution < 1.29 is 37.2 Å². The highest BCUT2D eigenvalue weighted by Gasteiger charge is 2.41. The van der Waals surface area contributed by atoms with E-state index < -0.39 is 23.5 Å². The van der Waals surface area contributed by atoms with Crippen molar-refractivity contribution in [1.29, 1.82) is 0 Å². The van der Waals surface area contributed by atoms with Gasteiger partial charge in [-0.15, -0.1) is 0 Å². The minimum absolute atomic E-state index is 0.295. The van der Waals surface area contributed by atoms with Crippen LogP contribution in [0.5, 0.6) is 11.6 Å². The standard InChI is InChI=1S/2C13H17FN2O3/c1-17-10-8-11(14)15-12(9-10)16-4-2-13(3-5-16)18-6-7-19-13;1-17-12-9-10(8-11(14)15-12)16-4-2-13(3-5-16)18-6-7-19-13/h2*8-9H,2-7H2,1H3. The number of pyridine rings is 2. The van der Waals surface area contributed by atoms with Gasteiger partial charge in [0.1, 0.15) is 11.6 Å². The van der Waals surface area contributed by atoms with Crippen molar-refractivity contribution in [3.8, 4) is 11.6 Å². The minimum Gasteiger partial charge on any atom is -0.496 e. The van der Waals surface area contributed by atoms with E-state index in [0.717, 1.165) is 57.5 Å². The third-order valence-electron chi connectivity index (χ3n) is 7.32. The molecule has 6 rings (SSSR count). The molecule has 2 aromatic rings. The molecule has 0 saturated carbocycles. The highest BCUT2D eigenvalue weighted by Crippen LogP contribution is 2.35. The second-order valence-corrected chi connectivity index (χ2v) is 9.57. The Morgan fingerprint density at radius 3 is 1.74 bits per heavy atom. The molecule has 208 valence electrons. The molecule has 0 N–H and O–H groups in total. The summed E-state index contributed by atoms with van der Waals surface area (Å²) in [6.07, 6.45) is 3.12. The van der Waals surface area contributed by atoms with Crippen LogP contribution in [-0.2, 0) is 18.9 Å². The second kappa shape index (κ2) is 11.5. The summed E-state index contributed by atoms with van der Waals surface area (Å²) in [6.45, 7) is 5.66. The Morgan fingerprint density at radius 1 is 0.684 bits per heavy atom. The molecule has 4 fully saturated rings. The molecule has 0 atom stereocenters. The maximum Gasteiger partial charge on any atom is 0.218 e. The van der Waals surface area contributed by atoms with Gasteiger partial charge in [0.25, 0.3) is 0 Å². The number of hydrogen-bond donors (Lipinski definition) is 0. The first kappa shape index (κ1) is 26.8. The molecular formula is C26H34F2N4O6. The van der Waals surface area contributed by atoms with Gasteiger partial charge in [-0.25, -0.2) is 4.98 Å². The van der Waals surface area contributed by atoms with Crippen molar-refractivity contribution in [2.45, 2.75) is 37.3 Å². The number of aromatic nitrogens is 2. The lowest BCUT2D eigenvalue weighted by Crippen LogP contribution is -2.45. The van der Waals surface area contributed by atoms with Crippen LogP contribution in [0.2, 0.25) is 0 Å². The Bertz CT molecular complexity index is 992. The Balaban J connectivity index is 0.000000155. The van der Waals surface area contributed by atoms with Crippen molar-refractivity contribution in [1.82, 2.24) is 9.97 Å². The fraction of sp³-hybridized carbons (Fsp3) is 0.615. The number of hydrogen-bond acceptors (Lipinski definition) is 10. The van der Waals surface area contributed by atoms with Crippen LogP contribution in [0.15, 0.2) is 24.3 Å². The Labute approximate surface area is 220 Å². The summed E-state index contributed by atoms with van der Waals surface area (Å²) in [5, 5.41) is 0. The number of anilines is 2. The van der Waals surface area contributed by atoms with Gasteiger partial charge in [0, 0.05) is 81.8 Å². The van der Waals surface area contributed by atoms with E-state index in [4.69, 9.17) is 28.4 Å². The molecule has 0 amide bonds. The van der Waals surface area contributed by atoms with Gasteiger partial charge < -0.3 is 38.2 Å². The summed E-state index contributed by atoms with van der Waals surface area (Å²) < 4.78 is 59.5. The zero-order valence-corrected chi connectivity index (χ0v) is 21.8. The topological polar surface area (TPSA) is 87.6 Å². The van der Waals surface area contributed by atoms with Crippen molar-refractivity contribution in [3.63, 3.8) is 0 Å². The van der Waals surface area contributed by atoms with Crippen LogP contribution in [0, 0.1) is 11.9 Å². The fourth-order valence-electron chi connectivity index (χ4n) is 5.24. The highest BCUT2D eigenvalue weighted by atomic mass is 19.1. The summed E-state index contributed by atoms with van der Waals surface area (Å²) >= 11 is 0. The lowest BCUT2D eigenvalue weighted by atomic mass is 10.0. The number of piperidine rings is 2. The molecule has 6 heterocycles. The monoisotopic (exact) mass is 536 g/mol. The molecule has 0 unspecified atom stereocenters. The second-order valence-electron chi connectivity index (χ2n) is 9.57. The van der Waals surface area contributed by atoms with E-state index in [1.807, 2.05) is 4.90 Å². The summed E-state index contributed by atoms with van der Waals surface area (Å²) in [5.74, 6) is -0.504. The van der Waals surface area contributed by atoms with Gasteiger partial charge >= 0.3 is 0 Å². The molecule has 10 nitrogen and oxygen atoms in total. The van der Waals surface area contributed by atoms with Crippen LogP contribution in [0.1, 0.15) is 25.7 Å². The van der Waals surface area contributed by atoms with Gasteiger partial charge in [-0.1, -0.05) is 0 Å². The highest BCUT2D eigenvalue weighted by molar-refractivity contribution is 5.49. The molecule has 0 aliphatic carbocycles. The summed E-state index contributed by atoms with van der Waals surface area (Å²) in [7, 11) is 3.00. The first-order chi connectivity index (χ1) is 18.4. The molecule has 2 spiro atoms. The predicted octanol–water partition coefficient (Wildman–Crippen LogP) is 3.15. The smallest absolute Gasteiger partial charge is 0.218 e. The lowest BCUT2D eigenvalue weighted by molar-refractivity contribution is -0.169. The van der Waals surface area contributed by atoms with Gasteiger partial charge in [-0.3, -0.25) is 0 Å². The van der Waals surface area contributed by atoms with Gasteiger partial charge in [0.2, 0.25) is 17.8 Å². The van der Waals surface area contributed by atoms with Crippen LogP contribution in [0.25, 0.3) is 0 Å². The van der Waals surface area contributed by atoms with E-state index >= 15 is 0 Å². The van der Waals surface area contributed by atoms with Gasteiger partial charge in [-0.2, -0.15) is 13.8 Å². The van der Waals surface area contributed by atoms with Crippen LogP contribution < -0.4 is 19.3 Å². The minimum atomic E-state index is -0.525. The predicted molar refractivity (Wildman–Crippen MR) is 134 cm³/mol. The average molecular weight is 537 g/mol. The lowest BCUT2D eigenvalue weighted by Gasteiger charge is -2.38. The van der Waals surface area contributed by atoms with E-state index in [2.05, 4.69) is 14.9 Å². The molecule has 4 aliphatic heterocycles. The number of halogens is 2. The third kappa shape index (κ3) is 6.09. The number of nitrogens with zero attached hydrogens (tertiary/aromatic N) is 4. The summed E-state index contributed by atoms with van der Waals surface area (Å²) in [5.41, 5.74) is 0.789. The van der Waals surface area contributed by atoms with Crippen molar-refractivity contribution in [3.05, 3.63) is 36.2 Å². The zero-order valence-electron chi connectivity index (χ0n) is 21.8. The van der Waals surface area contributed by atoms with Crippen LogP contribution in [-0.4, -0.2) is 88.4 Å².